The summed E-state index contributed by atoms with van der Waals surface area (Å²) in [4.78, 5) is 8.94. The lowest BCUT2D eigenvalue weighted by molar-refractivity contribution is 0.191. The Labute approximate surface area is 109 Å². The second-order valence-corrected chi connectivity index (χ2v) is 4.38. The Morgan fingerprint density at radius 2 is 2.06 bits per heavy atom. The molecular weight excluding hydrogens is 228 g/mol. The number of methoxy groups -OCH3 is 1. The van der Waals surface area contributed by atoms with Gasteiger partial charge in [-0.3, -0.25) is 0 Å². The molecule has 0 fully saturated rings. The van der Waals surface area contributed by atoms with Crippen molar-refractivity contribution in [2.45, 2.75) is 39.2 Å². The lowest BCUT2D eigenvalue weighted by atomic mass is 10.2. The average Bonchev–Trinajstić information content (AvgIpc) is 2.36. The Morgan fingerprint density at radius 3 is 2.67 bits per heavy atom. The predicted octanol–water partition coefficient (Wildman–Crippen LogP) is 2.31. The predicted molar refractivity (Wildman–Crippen MR) is 75.2 cm³/mol. The van der Waals surface area contributed by atoms with Gasteiger partial charge in [0.05, 0.1) is 0 Å². The van der Waals surface area contributed by atoms with Gasteiger partial charge in [-0.1, -0.05) is 6.92 Å². The lowest BCUT2D eigenvalue weighted by Crippen LogP contribution is -2.18. The van der Waals surface area contributed by atoms with Crippen LogP contribution in [0.4, 0.5) is 11.6 Å². The van der Waals surface area contributed by atoms with Gasteiger partial charge < -0.3 is 15.4 Å². The van der Waals surface area contributed by atoms with Crippen molar-refractivity contribution in [1.29, 1.82) is 0 Å². The molecule has 0 saturated heterocycles. The number of hydrogen-bond acceptors (Lipinski definition) is 5. The van der Waals surface area contributed by atoms with E-state index in [4.69, 9.17) is 4.74 Å². The van der Waals surface area contributed by atoms with E-state index in [1.165, 1.54) is 0 Å². The SMILES string of the molecule is CCCc1nc(NC)cc(NC(C)CCOC)n1. The van der Waals surface area contributed by atoms with Crippen LogP contribution in [0.15, 0.2) is 6.07 Å². The Kier molecular flexibility index (Phi) is 6.43. The summed E-state index contributed by atoms with van der Waals surface area (Å²) < 4.78 is 5.07. The van der Waals surface area contributed by atoms with E-state index >= 15 is 0 Å². The first-order valence-electron chi connectivity index (χ1n) is 6.50. The van der Waals surface area contributed by atoms with Crippen LogP contribution in [0.2, 0.25) is 0 Å². The molecule has 1 heterocycles. The van der Waals surface area contributed by atoms with Gasteiger partial charge in [0, 0.05) is 39.3 Å². The molecule has 1 unspecified atom stereocenters. The minimum atomic E-state index is 0.332. The number of aromatic nitrogens is 2. The first-order valence-corrected chi connectivity index (χ1v) is 6.50. The second-order valence-electron chi connectivity index (χ2n) is 4.38. The molecular formula is C13H24N4O. The zero-order chi connectivity index (χ0) is 13.4. The molecule has 0 amide bonds. The summed E-state index contributed by atoms with van der Waals surface area (Å²) in [7, 11) is 3.59. The van der Waals surface area contributed by atoms with Crippen LogP contribution in [-0.2, 0) is 11.2 Å². The van der Waals surface area contributed by atoms with Crippen molar-refractivity contribution in [1.82, 2.24) is 9.97 Å². The van der Waals surface area contributed by atoms with E-state index in [0.29, 0.717) is 6.04 Å². The summed E-state index contributed by atoms with van der Waals surface area (Å²) in [5.41, 5.74) is 0. The fourth-order valence-electron chi connectivity index (χ4n) is 1.65. The Bertz CT molecular complexity index is 357. The molecule has 5 nitrogen and oxygen atoms in total. The minimum absolute atomic E-state index is 0.332. The summed E-state index contributed by atoms with van der Waals surface area (Å²) in [5, 5.41) is 6.45. The number of rotatable bonds is 8. The van der Waals surface area contributed by atoms with Gasteiger partial charge in [0.2, 0.25) is 0 Å². The molecule has 18 heavy (non-hydrogen) atoms. The van der Waals surface area contributed by atoms with E-state index in [9.17, 15) is 0 Å². The highest BCUT2D eigenvalue weighted by atomic mass is 16.5. The van der Waals surface area contributed by atoms with E-state index < -0.39 is 0 Å². The molecule has 0 saturated carbocycles. The zero-order valence-electron chi connectivity index (χ0n) is 11.8. The number of nitrogens with zero attached hydrogens (tertiary/aromatic N) is 2. The zero-order valence-corrected chi connectivity index (χ0v) is 11.8. The molecule has 2 N–H and O–H groups in total. The molecule has 1 aromatic rings. The molecule has 0 radical (unpaired) electrons. The van der Waals surface area contributed by atoms with E-state index in [1.807, 2.05) is 13.1 Å². The topological polar surface area (TPSA) is 59.1 Å². The maximum absolute atomic E-state index is 5.07. The normalized spacial score (nSPS) is 12.2. The summed E-state index contributed by atoms with van der Waals surface area (Å²) >= 11 is 0. The van der Waals surface area contributed by atoms with Crippen LogP contribution in [0.25, 0.3) is 0 Å². The minimum Gasteiger partial charge on any atom is -0.385 e. The van der Waals surface area contributed by atoms with E-state index in [2.05, 4.69) is 34.4 Å². The molecule has 0 spiro atoms. The second kappa shape index (κ2) is 7.87. The summed E-state index contributed by atoms with van der Waals surface area (Å²) in [6.07, 6.45) is 2.90. The fraction of sp³-hybridized carbons (Fsp3) is 0.692. The van der Waals surface area contributed by atoms with Crippen LogP contribution in [0.5, 0.6) is 0 Å². The van der Waals surface area contributed by atoms with Gasteiger partial charge >= 0.3 is 0 Å². The average molecular weight is 252 g/mol. The van der Waals surface area contributed by atoms with Crippen LogP contribution >= 0.6 is 0 Å². The number of hydrogen-bond donors (Lipinski definition) is 2. The van der Waals surface area contributed by atoms with Gasteiger partial charge in [0.1, 0.15) is 17.5 Å². The van der Waals surface area contributed by atoms with Crippen LogP contribution in [0.3, 0.4) is 0 Å². The fourth-order valence-corrected chi connectivity index (χ4v) is 1.65. The van der Waals surface area contributed by atoms with Crippen LogP contribution < -0.4 is 10.6 Å². The molecule has 1 atom stereocenters. The summed E-state index contributed by atoms with van der Waals surface area (Å²) in [5.74, 6) is 2.61. The number of aryl methyl sites for hydroxylation is 1. The standard InChI is InChI=1S/C13H24N4O/c1-5-6-11-16-12(14-3)9-13(17-11)15-10(2)7-8-18-4/h9-10H,5-8H2,1-4H3,(H2,14,15,16,17). The molecule has 0 bridgehead atoms. The van der Waals surface area contributed by atoms with Gasteiger partial charge in [0.15, 0.2) is 0 Å². The smallest absolute Gasteiger partial charge is 0.133 e. The van der Waals surface area contributed by atoms with Gasteiger partial charge in [-0.25, -0.2) is 9.97 Å². The van der Waals surface area contributed by atoms with Crippen molar-refractivity contribution in [3.63, 3.8) is 0 Å². The van der Waals surface area contributed by atoms with E-state index in [0.717, 1.165) is 43.3 Å². The van der Waals surface area contributed by atoms with Crippen molar-refractivity contribution < 1.29 is 4.74 Å². The third-order valence-electron chi connectivity index (χ3n) is 2.65. The Morgan fingerprint density at radius 1 is 1.33 bits per heavy atom. The van der Waals surface area contributed by atoms with Crippen LogP contribution in [-0.4, -0.2) is 36.8 Å². The first-order chi connectivity index (χ1) is 8.69. The molecule has 0 aliphatic heterocycles. The van der Waals surface area contributed by atoms with Crippen LogP contribution in [0, 0.1) is 0 Å². The van der Waals surface area contributed by atoms with E-state index in [1.54, 1.807) is 7.11 Å². The first kappa shape index (κ1) is 14.7. The highest BCUT2D eigenvalue weighted by Gasteiger charge is 2.06. The number of anilines is 2. The van der Waals surface area contributed by atoms with Gasteiger partial charge in [0.25, 0.3) is 0 Å². The molecule has 1 aromatic heterocycles. The number of nitrogens with one attached hydrogen (secondary N) is 2. The Hall–Kier alpha value is -1.36. The lowest BCUT2D eigenvalue weighted by Gasteiger charge is -2.15. The molecule has 5 heteroatoms. The summed E-state index contributed by atoms with van der Waals surface area (Å²) in [6.45, 7) is 5.00. The summed E-state index contributed by atoms with van der Waals surface area (Å²) in [6, 6.07) is 2.27. The molecule has 0 aliphatic carbocycles. The van der Waals surface area contributed by atoms with Crippen LogP contribution in [0.1, 0.15) is 32.5 Å². The van der Waals surface area contributed by atoms with E-state index in [-0.39, 0.29) is 0 Å². The Balaban J connectivity index is 2.71. The van der Waals surface area contributed by atoms with Gasteiger partial charge in [-0.15, -0.1) is 0 Å². The molecule has 102 valence electrons. The largest absolute Gasteiger partial charge is 0.385 e. The van der Waals surface area contributed by atoms with Crippen molar-refractivity contribution >= 4 is 11.6 Å². The number of ether oxygens (including phenoxy) is 1. The van der Waals surface area contributed by atoms with Crippen molar-refractivity contribution in [3.8, 4) is 0 Å². The molecule has 1 rings (SSSR count). The van der Waals surface area contributed by atoms with Crippen molar-refractivity contribution in [2.24, 2.45) is 0 Å². The third-order valence-corrected chi connectivity index (χ3v) is 2.65. The highest BCUT2D eigenvalue weighted by molar-refractivity contribution is 5.47. The maximum Gasteiger partial charge on any atom is 0.133 e. The van der Waals surface area contributed by atoms with Gasteiger partial charge in [-0.05, 0) is 19.8 Å². The molecule has 0 aromatic carbocycles. The quantitative estimate of drug-likeness (QED) is 0.743. The molecule has 0 aliphatic rings. The highest BCUT2D eigenvalue weighted by Crippen LogP contribution is 2.13. The monoisotopic (exact) mass is 252 g/mol. The van der Waals surface area contributed by atoms with Crippen molar-refractivity contribution in [3.05, 3.63) is 11.9 Å². The maximum atomic E-state index is 5.07. The van der Waals surface area contributed by atoms with Crippen molar-refractivity contribution in [2.75, 3.05) is 31.4 Å². The van der Waals surface area contributed by atoms with Gasteiger partial charge in [-0.2, -0.15) is 0 Å². The third kappa shape index (κ3) is 4.87.